The molecule has 0 aliphatic heterocycles. The first-order chi connectivity index (χ1) is 10.5. The number of phenolic OH excluding ortho intramolecular Hbond substituents is 2. The van der Waals surface area contributed by atoms with Crippen molar-refractivity contribution in [1.29, 1.82) is 0 Å². The Balaban J connectivity index is 0.000000541. The summed E-state index contributed by atoms with van der Waals surface area (Å²) in [7, 11) is 0. The molecule has 0 saturated carbocycles. The molecule has 6 heteroatoms. The molecular formula is C16H20N2O4. The Kier molecular flexibility index (Phi) is 6.88. The second-order valence-electron chi connectivity index (χ2n) is 4.47. The maximum Gasteiger partial charge on any atom is 0.315 e. The largest absolute Gasteiger partial charge is 0.508 e. The van der Waals surface area contributed by atoms with Crippen LogP contribution < -0.4 is 11.5 Å². The summed E-state index contributed by atoms with van der Waals surface area (Å²) in [5.74, 6) is -2.42. The molecule has 2 rings (SSSR count). The van der Waals surface area contributed by atoms with Crippen LogP contribution in [-0.2, 0) is 4.79 Å². The molecule has 118 valence electrons. The molecule has 0 aliphatic carbocycles. The average Bonchev–Trinajstić information content (AvgIpc) is 2.51. The van der Waals surface area contributed by atoms with E-state index >= 15 is 0 Å². The number of carboxylic acid groups (broad SMARTS) is 1. The van der Waals surface area contributed by atoms with Gasteiger partial charge in [0.2, 0.25) is 0 Å². The second-order valence-corrected chi connectivity index (χ2v) is 4.47. The summed E-state index contributed by atoms with van der Waals surface area (Å²) in [5, 5.41) is 28.8. The van der Waals surface area contributed by atoms with Gasteiger partial charge in [0.15, 0.2) is 0 Å². The molecule has 2 aromatic rings. The quantitative estimate of drug-likeness (QED) is 0.577. The van der Waals surface area contributed by atoms with Crippen LogP contribution in [0.25, 0.3) is 0 Å². The highest BCUT2D eigenvalue weighted by Gasteiger charge is 2.26. The number of benzene rings is 2. The Morgan fingerprint density at radius 3 is 1.50 bits per heavy atom. The van der Waals surface area contributed by atoms with Crippen LogP contribution in [0.3, 0.4) is 0 Å². The summed E-state index contributed by atoms with van der Waals surface area (Å²) < 4.78 is 0. The van der Waals surface area contributed by atoms with Crippen molar-refractivity contribution in [3.05, 3.63) is 59.7 Å². The molecule has 6 nitrogen and oxygen atoms in total. The SMILES string of the molecule is NCCN.O=C(O)C(c1ccccc1O)c1ccccc1O. The normalized spacial score (nSPS) is 9.95. The summed E-state index contributed by atoms with van der Waals surface area (Å²) in [6.07, 6.45) is 0. The van der Waals surface area contributed by atoms with Gasteiger partial charge < -0.3 is 26.8 Å². The first-order valence-corrected chi connectivity index (χ1v) is 6.71. The first kappa shape index (κ1) is 17.5. The van der Waals surface area contributed by atoms with Gasteiger partial charge in [-0.25, -0.2) is 0 Å². The summed E-state index contributed by atoms with van der Waals surface area (Å²) in [4.78, 5) is 11.4. The molecule has 0 aromatic heterocycles. The van der Waals surface area contributed by atoms with Crippen LogP contribution in [0.1, 0.15) is 17.0 Å². The van der Waals surface area contributed by atoms with Gasteiger partial charge in [0.25, 0.3) is 0 Å². The number of hydrogen-bond acceptors (Lipinski definition) is 5. The first-order valence-electron chi connectivity index (χ1n) is 6.71. The predicted octanol–water partition coefficient (Wildman–Crippen LogP) is 1.22. The van der Waals surface area contributed by atoms with Crippen molar-refractivity contribution >= 4 is 5.97 Å². The van der Waals surface area contributed by atoms with Gasteiger partial charge in [0.1, 0.15) is 17.4 Å². The van der Waals surface area contributed by atoms with Gasteiger partial charge in [-0.2, -0.15) is 0 Å². The number of phenols is 2. The lowest BCUT2D eigenvalue weighted by atomic mass is 9.90. The van der Waals surface area contributed by atoms with Gasteiger partial charge in [-0.1, -0.05) is 36.4 Å². The Morgan fingerprint density at radius 2 is 1.23 bits per heavy atom. The Morgan fingerprint density at radius 1 is 0.864 bits per heavy atom. The fourth-order valence-electron chi connectivity index (χ4n) is 1.90. The molecule has 0 saturated heterocycles. The minimum absolute atomic E-state index is 0.104. The van der Waals surface area contributed by atoms with E-state index in [4.69, 9.17) is 11.5 Å². The van der Waals surface area contributed by atoms with Crippen LogP contribution in [0.15, 0.2) is 48.5 Å². The monoisotopic (exact) mass is 304 g/mol. The fourth-order valence-corrected chi connectivity index (χ4v) is 1.90. The molecule has 7 N–H and O–H groups in total. The lowest BCUT2D eigenvalue weighted by Crippen LogP contribution is -2.13. The van der Waals surface area contributed by atoms with E-state index < -0.39 is 11.9 Å². The van der Waals surface area contributed by atoms with Crippen molar-refractivity contribution in [3.8, 4) is 11.5 Å². The molecule has 0 radical (unpaired) electrons. The van der Waals surface area contributed by atoms with Crippen molar-refractivity contribution in [2.75, 3.05) is 13.1 Å². The molecule has 0 fully saturated rings. The molecule has 22 heavy (non-hydrogen) atoms. The highest BCUT2D eigenvalue weighted by Crippen LogP contribution is 2.35. The number of carbonyl (C=O) groups is 1. The number of nitrogens with two attached hydrogens (primary N) is 2. The van der Waals surface area contributed by atoms with Crippen LogP contribution >= 0.6 is 0 Å². The number of aliphatic carboxylic acids is 1. The minimum Gasteiger partial charge on any atom is -0.508 e. The zero-order valence-corrected chi connectivity index (χ0v) is 12.0. The van der Waals surface area contributed by atoms with Gasteiger partial charge >= 0.3 is 5.97 Å². The molecule has 0 atom stereocenters. The third-order valence-corrected chi connectivity index (χ3v) is 2.91. The van der Waals surface area contributed by atoms with E-state index in [1.54, 1.807) is 24.3 Å². The Bertz CT molecular complexity index is 569. The van der Waals surface area contributed by atoms with Gasteiger partial charge in [0.05, 0.1) is 0 Å². The number of para-hydroxylation sites is 2. The summed E-state index contributed by atoms with van der Waals surface area (Å²) in [5.41, 5.74) is 10.3. The standard InChI is InChI=1S/C14H12O4.C2H8N2/c15-11-7-3-1-5-9(11)13(14(17)18)10-6-2-4-8-12(10)16;3-1-2-4/h1-8,13,15-16H,(H,17,18);1-4H2. The van der Waals surface area contributed by atoms with Gasteiger partial charge in [-0.3, -0.25) is 4.79 Å². The summed E-state index contributed by atoms with van der Waals surface area (Å²) >= 11 is 0. The van der Waals surface area contributed by atoms with Crippen molar-refractivity contribution in [2.45, 2.75) is 5.92 Å². The van der Waals surface area contributed by atoms with Crippen LogP contribution in [-0.4, -0.2) is 34.4 Å². The zero-order valence-electron chi connectivity index (χ0n) is 12.0. The van der Waals surface area contributed by atoms with E-state index in [1.807, 2.05) is 0 Å². The molecule has 0 bridgehead atoms. The highest BCUT2D eigenvalue weighted by molar-refractivity contribution is 5.82. The molecule has 0 heterocycles. The zero-order chi connectivity index (χ0) is 16.5. The topological polar surface area (TPSA) is 130 Å². The lowest BCUT2D eigenvalue weighted by molar-refractivity contribution is -0.137. The van der Waals surface area contributed by atoms with Gasteiger partial charge in [0, 0.05) is 24.2 Å². The molecule has 2 aromatic carbocycles. The van der Waals surface area contributed by atoms with Gasteiger partial charge in [-0.05, 0) is 12.1 Å². The lowest BCUT2D eigenvalue weighted by Gasteiger charge is -2.15. The summed E-state index contributed by atoms with van der Waals surface area (Å²) in [6, 6.07) is 12.4. The molecule has 0 amide bonds. The predicted molar refractivity (Wildman–Crippen MR) is 83.8 cm³/mol. The van der Waals surface area contributed by atoms with E-state index in [9.17, 15) is 20.1 Å². The molecule has 0 spiro atoms. The number of aromatic hydroxyl groups is 2. The van der Waals surface area contributed by atoms with Crippen molar-refractivity contribution in [3.63, 3.8) is 0 Å². The van der Waals surface area contributed by atoms with Crippen molar-refractivity contribution in [2.24, 2.45) is 11.5 Å². The van der Waals surface area contributed by atoms with E-state index in [0.29, 0.717) is 13.1 Å². The van der Waals surface area contributed by atoms with Crippen LogP contribution in [0, 0.1) is 0 Å². The highest BCUT2D eigenvalue weighted by atomic mass is 16.4. The Labute approximate surface area is 128 Å². The van der Waals surface area contributed by atoms with E-state index in [1.165, 1.54) is 24.3 Å². The number of carboxylic acids is 1. The molecule has 0 unspecified atom stereocenters. The number of hydrogen-bond donors (Lipinski definition) is 5. The maximum atomic E-state index is 11.4. The number of rotatable bonds is 4. The second kappa shape index (κ2) is 8.66. The van der Waals surface area contributed by atoms with Crippen LogP contribution in [0.2, 0.25) is 0 Å². The van der Waals surface area contributed by atoms with Crippen LogP contribution in [0.4, 0.5) is 0 Å². The van der Waals surface area contributed by atoms with Crippen molar-refractivity contribution in [1.82, 2.24) is 0 Å². The van der Waals surface area contributed by atoms with E-state index in [0.717, 1.165) is 0 Å². The molecular weight excluding hydrogens is 284 g/mol. The Hall–Kier alpha value is -2.57. The summed E-state index contributed by atoms with van der Waals surface area (Å²) in [6.45, 7) is 1.19. The maximum absolute atomic E-state index is 11.4. The van der Waals surface area contributed by atoms with E-state index in [2.05, 4.69) is 0 Å². The molecule has 0 aliphatic rings. The fraction of sp³-hybridized carbons (Fsp3) is 0.188. The third-order valence-electron chi connectivity index (χ3n) is 2.91. The van der Waals surface area contributed by atoms with Crippen molar-refractivity contribution < 1.29 is 20.1 Å². The minimum atomic E-state index is -1.13. The third kappa shape index (κ3) is 4.47. The average molecular weight is 304 g/mol. The van der Waals surface area contributed by atoms with E-state index in [-0.39, 0.29) is 22.6 Å². The van der Waals surface area contributed by atoms with Gasteiger partial charge in [-0.15, -0.1) is 0 Å². The smallest absolute Gasteiger partial charge is 0.315 e. The van der Waals surface area contributed by atoms with Crippen LogP contribution in [0.5, 0.6) is 11.5 Å².